The summed E-state index contributed by atoms with van der Waals surface area (Å²) in [5.41, 5.74) is 5.87. The first-order chi connectivity index (χ1) is 16.2. The SMILES string of the molecule is Cc1cc2c([nH]c(=O)n2Cc2ccccc2)c(N(Cc2ccccc2)Cc2ccccc2)n1. The van der Waals surface area contributed by atoms with E-state index in [9.17, 15) is 4.79 Å². The minimum Gasteiger partial charge on any atom is -0.346 e. The van der Waals surface area contributed by atoms with Crippen molar-refractivity contribution in [1.82, 2.24) is 14.5 Å². The van der Waals surface area contributed by atoms with Crippen LogP contribution in [-0.4, -0.2) is 14.5 Å². The van der Waals surface area contributed by atoms with E-state index in [1.54, 1.807) is 4.57 Å². The van der Waals surface area contributed by atoms with E-state index < -0.39 is 0 Å². The molecule has 164 valence electrons. The van der Waals surface area contributed by atoms with E-state index >= 15 is 0 Å². The summed E-state index contributed by atoms with van der Waals surface area (Å²) in [6.45, 7) is 3.87. The van der Waals surface area contributed by atoms with Crippen LogP contribution in [0.5, 0.6) is 0 Å². The first-order valence-corrected chi connectivity index (χ1v) is 11.1. The summed E-state index contributed by atoms with van der Waals surface area (Å²) in [6.07, 6.45) is 0. The molecule has 0 unspecified atom stereocenters. The molecule has 5 rings (SSSR count). The minimum atomic E-state index is -0.123. The van der Waals surface area contributed by atoms with Crippen LogP contribution in [0.25, 0.3) is 11.0 Å². The van der Waals surface area contributed by atoms with Gasteiger partial charge in [-0.05, 0) is 29.7 Å². The number of nitrogens with zero attached hydrogens (tertiary/aromatic N) is 3. The maximum atomic E-state index is 13.0. The second-order valence-corrected chi connectivity index (χ2v) is 8.31. The van der Waals surface area contributed by atoms with E-state index in [0.717, 1.165) is 28.1 Å². The largest absolute Gasteiger partial charge is 0.346 e. The molecule has 3 aromatic carbocycles. The van der Waals surface area contributed by atoms with Gasteiger partial charge in [0.25, 0.3) is 0 Å². The number of nitrogens with one attached hydrogen (secondary N) is 1. The lowest BCUT2D eigenvalue weighted by Crippen LogP contribution is -2.24. The van der Waals surface area contributed by atoms with Gasteiger partial charge in [0.05, 0.1) is 12.1 Å². The Morgan fingerprint density at radius 3 is 1.85 bits per heavy atom. The predicted octanol–water partition coefficient (Wildman–Crippen LogP) is 5.29. The number of aryl methyl sites for hydroxylation is 1. The van der Waals surface area contributed by atoms with Crippen molar-refractivity contribution >= 4 is 16.9 Å². The van der Waals surface area contributed by atoms with Gasteiger partial charge in [0.1, 0.15) is 5.52 Å². The maximum Gasteiger partial charge on any atom is 0.326 e. The Kier molecular flexibility index (Phi) is 5.77. The Labute approximate surface area is 193 Å². The van der Waals surface area contributed by atoms with Gasteiger partial charge in [-0.2, -0.15) is 0 Å². The molecule has 0 radical (unpaired) electrons. The van der Waals surface area contributed by atoms with Gasteiger partial charge in [-0.3, -0.25) is 4.57 Å². The third kappa shape index (κ3) is 4.58. The number of rotatable bonds is 7. The van der Waals surface area contributed by atoms with Crippen LogP contribution in [0.3, 0.4) is 0 Å². The second-order valence-electron chi connectivity index (χ2n) is 8.31. The maximum absolute atomic E-state index is 13.0. The van der Waals surface area contributed by atoms with Crippen molar-refractivity contribution in [2.75, 3.05) is 4.90 Å². The zero-order chi connectivity index (χ0) is 22.6. The van der Waals surface area contributed by atoms with E-state index in [1.165, 1.54) is 11.1 Å². The van der Waals surface area contributed by atoms with Gasteiger partial charge in [-0.1, -0.05) is 91.0 Å². The van der Waals surface area contributed by atoms with Gasteiger partial charge in [0.15, 0.2) is 5.82 Å². The lowest BCUT2D eigenvalue weighted by Gasteiger charge is -2.25. The highest BCUT2D eigenvalue weighted by molar-refractivity contribution is 5.87. The summed E-state index contributed by atoms with van der Waals surface area (Å²) in [7, 11) is 0. The van der Waals surface area contributed by atoms with Crippen LogP contribution in [0, 0.1) is 6.92 Å². The number of imidazole rings is 1. The normalized spacial score (nSPS) is 11.1. The summed E-state index contributed by atoms with van der Waals surface area (Å²) in [5.74, 6) is 0.793. The molecular formula is C28H26N4O. The average molecular weight is 435 g/mol. The Morgan fingerprint density at radius 2 is 1.30 bits per heavy atom. The summed E-state index contributed by atoms with van der Waals surface area (Å²) in [6, 6.07) is 32.8. The molecule has 0 bridgehead atoms. The van der Waals surface area contributed by atoms with Crippen molar-refractivity contribution in [1.29, 1.82) is 0 Å². The van der Waals surface area contributed by atoms with Crippen LogP contribution in [0.1, 0.15) is 22.4 Å². The van der Waals surface area contributed by atoms with E-state index in [2.05, 4.69) is 34.1 Å². The Hall–Kier alpha value is -4.12. The molecule has 0 atom stereocenters. The Morgan fingerprint density at radius 1 is 0.788 bits per heavy atom. The topological polar surface area (TPSA) is 53.9 Å². The molecule has 0 fully saturated rings. The molecule has 2 heterocycles. The second kappa shape index (κ2) is 9.17. The van der Waals surface area contributed by atoms with E-state index in [4.69, 9.17) is 4.98 Å². The summed E-state index contributed by atoms with van der Waals surface area (Å²) < 4.78 is 1.80. The monoisotopic (exact) mass is 434 g/mol. The lowest BCUT2D eigenvalue weighted by atomic mass is 10.1. The van der Waals surface area contributed by atoms with Gasteiger partial charge >= 0.3 is 5.69 Å². The van der Waals surface area contributed by atoms with Gasteiger partial charge < -0.3 is 9.88 Å². The number of aromatic nitrogens is 3. The van der Waals surface area contributed by atoms with Gasteiger partial charge in [0, 0.05) is 18.8 Å². The van der Waals surface area contributed by atoms with Crippen molar-refractivity contribution in [3.8, 4) is 0 Å². The zero-order valence-electron chi connectivity index (χ0n) is 18.6. The number of H-pyrrole nitrogens is 1. The number of benzene rings is 3. The smallest absolute Gasteiger partial charge is 0.326 e. The molecular weight excluding hydrogens is 408 g/mol. The van der Waals surface area contributed by atoms with E-state index in [1.807, 2.05) is 79.7 Å². The van der Waals surface area contributed by atoms with Crippen LogP contribution < -0.4 is 10.6 Å². The molecule has 0 saturated heterocycles. The van der Waals surface area contributed by atoms with Crippen LogP contribution >= 0.6 is 0 Å². The molecule has 2 aromatic heterocycles. The molecule has 33 heavy (non-hydrogen) atoms. The molecule has 0 aliphatic heterocycles. The number of fused-ring (bicyclic) bond motifs is 1. The van der Waals surface area contributed by atoms with Crippen molar-refractivity contribution < 1.29 is 0 Å². The van der Waals surface area contributed by atoms with Gasteiger partial charge in [-0.25, -0.2) is 9.78 Å². The van der Waals surface area contributed by atoms with Gasteiger partial charge in [0.2, 0.25) is 0 Å². The number of pyridine rings is 1. The molecule has 0 saturated carbocycles. The summed E-state index contributed by atoms with van der Waals surface area (Å²) in [4.78, 5) is 23.2. The Balaban J connectivity index is 1.61. The quantitative estimate of drug-likeness (QED) is 0.379. The molecule has 0 aliphatic rings. The zero-order valence-corrected chi connectivity index (χ0v) is 18.6. The predicted molar refractivity (Wildman–Crippen MR) is 133 cm³/mol. The van der Waals surface area contributed by atoms with Crippen LogP contribution in [0.2, 0.25) is 0 Å². The standard InChI is InChI=1S/C28H26N4O/c1-21-17-25-26(30-28(33)32(25)20-24-15-9-4-10-16-24)27(29-21)31(18-22-11-5-2-6-12-22)19-23-13-7-3-8-14-23/h2-17H,18-20H2,1H3,(H,30,33). The fraction of sp³-hybridized carbons (Fsp3) is 0.143. The van der Waals surface area contributed by atoms with Crippen molar-refractivity contribution in [2.45, 2.75) is 26.6 Å². The van der Waals surface area contributed by atoms with Crippen molar-refractivity contribution in [3.63, 3.8) is 0 Å². The number of hydrogen-bond donors (Lipinski definition) is 1. The number of anilines is 1. The number of aromatic amines is 1. The van der Waals surface area contributed by atoms with Crippen LogP contribution in [0.4, 0.5) is 5.82 Å². The molecule has 5 nitrogen and oxygen atoms in total. The third-order valence-electron chi connectivity index (χ3n) is 5.79. The third-order valence-corrected chi connectivity index (χ3v) is 5.79. The molecule has 0 spiro atoms. The van der Waals surface area contributed by atoms with Crippen LogP contribution in [0.15, 0.2) is 102 Å². The van der Waals surface area contributed by atoms with Crippen molar-refractivity contribution in [2.24, 2.45) is 0 Å². The highest BCUT2D eigenvalue weighted by atomic mass is 16.1. The number of hydrogen-bond acceptors (Lipinski definition) is 3. The lowest BCUT2D eigenvalue weighted by molar-refractivity contribution is 0.783. The molecule has 1 N–H and O–H groups in total. The highest BCUT2D eigenvalue weighted by Gasteiger charge is 2.19. The Bertz CT molecular complexity index is 1370. The fourth-order valence-electron chi connectivity index (χ4n) is 4.22. The van der Waals surface area contributed by atoms with Crippen LogP contribution in [-0.2, 0) is 19.6 Å². The summed E-state index contributed by atoms with van der Waals surface area (Å²) >= 11 is 0. The van der Waals surface area contributed by atoms with E-state index in [-0.39, 0.29) is 5.69 Å². The molecule has 0 aliphatic carbocycles. The summed E-state index contributed by atoms with van der Waals surface area (Å²) in [5, 5.41) is 0. The molecule has 0 amide bonds. The van der Waals surface area contributed by atoms with Gasteiger partial charge in [-0.15, -0.1) is 0 Å². The first-order valence-electron chi connectivity index (χ1n) is 11.1. The molecule has 5 heteroatoms. The molecule has 5 aromatic rings. The first kappa shape index (κ1) is 20.8. The fourth-order valence-corrected chi connectivity index (χ4v) is 4.22. The highest BCUT2D eigenvalue weighted by Crippen LogP contribution is 2.27. The minimum absolute atomic E-state index is 0.123. The average Bonchev–Trinajstić information content (AvgIpc) is 3.15. The van der Waals surface area contributed by atoms with Crippen molar-refractivity contribution in [3.05, 3.63) is 130 Å². The van der Waals surface area contributed by atoms with E-state index in [0.29, 0.717) is 19.6 Å².